The standard InChI is InChI=1S/C82H160O17P2/c1-9-75(8)61-53-45-40-41-47-55-63-80(85)93-69-78(99-82(87)65-57-49-39-33-27-19-15-14-17-23-29-35-43-51-59-73(4)5)71-97-101(90,91)95-67-76(83)66-94-100(88,89)96-70-77(68-92-79(84)62-54-46-37-31-25-21-20-24-30-36-44-52-60-74(6)7)98-81(86)64-56-48-38-32-26-18-13-11-10-12-16-22-28-34-42-50-58-72(2)3/h72-78,83H,9-71H2,1-8H3,(H,88,89)(H,90,91)/t75?,76-,77-,78-/m1/s1. The van der Waals surface area contributed by atoms with Crippen LogP contribution >= 0.6 is 15.6 Å². The van der Waals surface area contributed by atoms with Crippen LogP contribution in [0.3, 0.4) is 0 Å². The Labute approximate surface area is 619 Å². The van der Waals surface area contributed by atoms with Crippen LogP contribution in [0.5, 0.6) is 0 Å². The summed E-state index contributed by atoms with van der Waals surface area (Å²) < 4.78 is 68.8. The van der Waals surface area contributed by atoms with E-state index in [4.69, 9.17) is 37.0 Å². The molecule has 0 fully saturated rings. The van der Waals surface area contributed by atoms with E-state index in [-0.39, 0.29) is 25.7 Å². The van der Waals surface area contributed by atoms with Crippen molar-refractivity contribution in [1.82, 2.24) is 0 Å². The zero-order chi connectivity index (χ0) is 74.6. The second-order valence-corrected chi connectivity index (χ2v) is 34.1. The molecule has 0 aliphatic carbocycles. The number of phosphoric acid groups is 2. The monoisotopic (exact) mass is 1480 g/mol. The third-order valence-corrected chi connectivity index (χ3v) is 21.3. The van der Waals surface area contributed by atoms with E-state index >= 15 is 0 Å². The van der Waals surface area contributed by atoms with Gasteiger partial charge in [0.05, 0.1) is 26.4 Å². The molecular weight excluding hydrogens is 1320 g/mol. The molecule has 17 nitrogen and oxygen atoms in total. The molecular formula is C82H160O17P2. The van der Waals surface area contributed by atoms with Crippen molar-refractivity contribution in [3.63, 3.8) is 0 Å². The molecule has 0 saturated carbocycles. The van der Waals surface area contributed by atoms with Crippen molar-refractivity contribution in [2.24, 2.45) is 23.7 Å². The molecule has 0 aromatic carbocycles. The fourth-order valence-corrected chi connectivity index (χ4v) is 14.2. The highest BCUT2D eigenvalue weighted by Crippen LogP contribution is 2.45. The molecule has 0 amide bonds. The summed E-state index contributed by atoms with van der Waals surface area (Å²) in [6, 6.07) is 0. The molecule has 0 rings (SSSR count). The van der Waals surface area contributed by atoms with Gasteiger partial charge < -0.3 is 33.8 Å². The van der Waals surface area contributed by atoms with E-state index in [0.717, 1.165) is 120 Å². The van der Waals surface area contributed by atoms with Gasteiger partial charge in [-0.1, -0.05) is 370 Å². The maximum absolute atomic E-state index is 13.1. The molecule has 0 bridgehead atoms. The van der Waals surface area contributed by atoms with Crippen molar-refractivity contribution in [2.75, 3.05) is 39.6 Å². The van der Waals surface area contributed by atoms with Crippen LogP contribution in [-0.2, 0) is 65.4 Å². The summed E-state index contributed by atoms with van der Waals surface area (Å²) in [5.74, 6) is 1.00. The van der Waals surface area contributed by atoms with Crippen molar-refractivity contribution in [3.8, 4) is 0 Å². The molecule has 0 saturated heterocycles. The lowest BCUT2D eigenvalue weighted by atomic mass is 10.00. The maximum atomic E-state index is 13.1. The number of hydrogen-bond acceptors (Lipinski definition) is 15. The second kappa shape index (κ2) is 71.0. The smallest absolute Gasteiger partial charge is 0.462 e. The third-order valence-electron chi connectivity index (χ3n) is 19.4. The SMILES string of the molecule is CCC(C)CCCCCCCCC(=O)OC[C@H](COP(=O)(O)OC[C@H](O)COP(=O)(O)OC[C@@H](COC(=O)CCCCCCCCCCCCCCC(C)C)OC(=O)CCCCCCCCCCCCCCCCCCC(C)C)OC(=O)CCCCCCCCCCCCCCCCC(C)C. The lowest BCUT2D eigenvalue weighted by Gasteiger charge is -2.21. The van der Waals surface area contributed by atoms with Crippen LogP contribution < -0.4 is 0 Å². The Hall–Kier alpha value is -1.94. The molecule has 6 atom stereocenters. The molecule has 600 valence electrons. The quantitative estimate of drug-likeness (QED) is 0.0222. The van der Waals surface area contributed by atoms with E-state index < -0.39 is 97.5 Å². The number of aliphatic hydroxyl groups is 1. The zero-order valence-corrected chi connectivity index (χ0v) is 68.3. The van der Waals surface area contributed by atoms with E-state index in [1.54, 1.807) is 0 Å². The Bertz CT molecular complexity index is 1970. The topological polar surface area (TPSA) is 237 Å². The summed E-state index contributed by atoms with van der Waals surface area (Å²) in [5.41, 5.74) is 0. The van der Waals surface area contributed by atoms with Crippen molar-refractivity contribution < 1.29 is 80.2 Å². The molecule has 101 heavy (non-hydrogen) atoms. The summed E-state index contributed by atoms with van der Waals surface area (Å²) in [6.45, 7) is 14.3. The van der Waals surface area contributed by atoms with E-state index in [0.29, 0.717) is 25.7 Å². The number of carbonyl (C=O) groups is 4. The summed E-state index contributed by atoms with van der Waals surface area (Å²) in [4.78, 5) is 73.1. The number of esters is 4. The first-order chi connectivity index (χ1) is 48.6. The molecule has 0 aromatic rings. The molecule has 0 aliphatic rings. The normalized spacial score (nSPS) is 14.3. The molecule has 0 spiro atoms. The largest absolute Gasteiger partial charge is 0.472 e. The van der Waals surface area contributed by atoms with Gasteiger partial charge in [-0.05, 0) is 49.4 Å². The fourth-order valence-electron chi connectivity index (χ4n) is 12.6. The van der Waals surface area contributed by atoms with Gasteiger partial charge in [0.1, 0.15) is 19.3 Å². The van der Waals surface area contributed by atoms with E-state index in [1.807, 2.05) is 0 Å². The highest BCUT2D eigenvalue weighted by molar-refractivity contribution is 7.47. The van der Waals surface area contributed by atoms with Gasteiger partial charge in [-0.25, -0.2) is 9.13 Å². The van der Waals surface area contributed by atoms with Crippen LogP contribution in [0.1, 0.15) is 421 Å². The Balaban J connectivity index is 5.24. The number of phosphoric ester groups is 2. The van der Waals surface area contributed by atoms with Gasteiger partial charge in [-0.2, -0.15) is 0 Å². The molecule has 0 aromatic heterocycles. The summed E-state index contributed by atoms with van der Waals surface area (Å²) >= 11 is 0. The highest BCUT2D eigenvalue weighted by Gasteiger charge is 2.30. The molecule has 0 heterocycles. The number of carbonyl (C=O) groups excluding carboxylic acids is 4. The van der Waals surface area contributed by atoms with Gasteiger partial charge in [0.25, 0.3) is 0 Å². The minimum Gasteiger partial charge on any atom is -0.462 e. The first-order valence-corrected chi connectivity index (χ1v) is 45.2. The number of aliphatic hydroxyl groups excluding tert-OH is 1. The van der Waals surface area contributed by atoms with Crippen LogP contribution in [0.25, 0.3) is 0 Å². The van der Waals surface area contributed by atoms with Gasteiger partial charge in [0, 0.05) is 25.7 Å². The van der Waals surface area contributed by atoms with Crippen LogP contribution in [-0.4, -0.2) is 96.7 Å². The van der Waals surface area contributed by atoms with Crippen LogP contribution in [0, 0.1) is 23.7 Å². The van der Waals surface area contributed by atoms with E-state index in [9.17, 15) is 43.2 Å². The summed E-state index contributed by atoms with van der Waals surface area (Å²) in [5, 5.41) is 10.7. The zero-order valence-electron chi connectivity index (χ0n) is 66.5. The van der Waals surface area contributed by atoms with Crippen molar-refractivity contribution in [2.45, 2.75) is 440 Å². The van der Waals surface area contributed by atoms with Gasteiger partial charge >= 0.3 is 39.5 Å². The Kier molecular flexibility index (Phi) is 69.6. The second-order valence-electron chi connectivity index (χ2n) is 31.2. The van der Waals surface area contributed by atoms with Gasteiger partial charge in [-0.15, -0.1) is 0 Å². The van der Waals surface area contributed by atoms with Gasteiger partial charge in [0.2, 0.25) is 0 Å². The number of ether oxygens (including phenoxy) is 4. The Morgan fingerprint density at radius 1 is 0.277 bits per heavy atom. The molecule has 0 aliphatic heterocycles. The lowest BCUT2D eigenvalue weighted by Crippen LogP contribution is -2.30. The summed E-state index contributed by atoms with van der Waals surface area (Å²) in [6.07, 6.45) is 58.3. The van der Waals surface area contributed by atoms with Crippen LogP contribution in [0.4, 0.5) is 0 Å². The maximum Gasteiger partial charge on any atom is 0.472 e. The van der Waals surface area contributed by atoms with Crippen LogP contribution in [0.2, 0.25) is 0 Å². The van der Waals surface area contributed by atoms with Gasteiger partial charge in [-0.3, -0.25) is 37.3 Å². The number of rotatable bonds is 79. The van der Waals surface area contributed by atoms with Crippen molar-refractivity contribution in [3.05, 3.63) is 0 Å². The molecule has 3 unspecified atom stereocenters. The van der Waals surface area contributed by atoms with E-state index in [1.165, 1.54) is 218 Å². The predicted octanol–water partition coefficient (Wildman–Crippen LogP) is 24.4. The van der Waals surface area contributed by atoms with Crippen molar-refractivity contribution >= 4 is 39.5 Å². The van der Waals surface area contributed by atoms with Gasteiger partial charge in [0.15, 0.2) is 12.2 Å². The third kappa shape index (κ3) is 74.7. The Morgan fingerprint density at radius 3 is 0.703 bits per heavy atom. The van der Waals surface area contributed by atoms with E-state index in [2.05, 4.69) is 55.4 Å². The minimum atomic E-state index is -4.96. The average molecular weight is 1480 g/mol. The Morgan fingerprint density at radius 2 is 0.475 bits per heavy atom. The fraction of sp³-hybridized carbons (Fsp3) is 0.951. The first-order valence-electron chi connectivity index (χ1n) is 42.2. The lowest BCUT2D eigenvalue weighted by molar-refractivity contribution is -0.161. The predicted molar refractivity (Wildman–Crippen MR) is 414 cm³/mol. The molecule has 19 heteroatoms. The molecule has 3 N–H and O–H groups in total. The average Bonchev–Trinajstić information content (AvgIpc) is 0.996. The van der Waals surface area contributed by atoms with Crippen LogP contribution in [0.15, 0.2) is 0 Å². The summed E-state index contributed by atoms with van der Waals surface area (Å²) in [7, 11) is -9.92. The number of unbranched alkanes of at least 4 members (excludes halogenated alkanes) is 44. The highest BCUT2D eigenvalue weighted by atomic mass is 31.2. The minimum absolute atomic E-state index is 0.106. The van der Waals surface area contributed by atoms with Crippen molar-refractivity contribution in [1.29, 1.82) is 0 Å². The first kappa shape index (κ1) is 99.1. The molecule has 0 radical (unpaired) electrons. The number of hydrogen-bond donors (Lipinski definition) is 3.